The number of hydrogen-bond donors (Lipinski definition) is 1. The Hall–Kier alpha value is -1.26. The van der Waals surface area contributed by atoms with Crippen LogP contribution in [0.25, 0.3) is 10.4 Å². The fourth-order valence-electron chi connectivity index (χ4n) is 2.17. The average molecular weight is 226 g/mol. The molecule has 1 atom stereocenters. The normalized spacial score (nSPS) is 17.8. The Morgan fingerprint density at radius 2 is 2.31 bits per heavy atom. The van der Waals surface area contributed by atoms with Gasteiger partial charge in [0.15, 0.2) is 0 Å². The maximum atomic E-state index is 11.6. The number of carbonyl (C=O) groups excluding carboxylic acids is 1. The summed E-state index contributed by atoms with van der Waals surface area (Å²) in [6.45, 7) is 0.872. The maximum absolute atomic E-state index is 11.6. The van der Waals surface area contributed by atoms with Crippen molar-refractivity contribution in [3.05, 3.63) is 10.4 Å². The Bertz CT molecular complexity index is 270. The number of nitrogens with zero attached hydrogens (tertiary/aromatic N) is 3. The van der Waals surface area contributed by atoms with Crippen LogP contribution in [0.4, 0.5) is 0 Å². The van der Waals surface area contributed by atoms with Gasteiger partial charge in [-0.1, -0.05) is 18.0 Å². The molecule has 0 aliphatic heterocycles. The lowest BCUT2D eigenvalue weighted by molar-refractivity contribution is -0.144. The van der Waals surface area contributed by atoms with E-state index in [1.807, 2.05) is 0 Å². The van der Waals surface area contributed by atoms with Crippen LogP contribution in [-0.2, 0) is 9.53 Å². The van der Waals surface area contributed by atoms with Gasteiger partial charge in [-0.2, -0.15) is 0 Å². The van der Waals surface area contributed by atoms with Crippen LogP contribution in [-0.4, -0.2) is 32.2 Å². The number of carbonyl (C=O) groups is 1. The molecule has 1 N–H and O–H groups in total. The van der Waals surface area contributed by atoms with Gasteiger partial charge >= 0.3 is 5.97 Å². The van der Waals surface area contributed by atoms with E-state index >= 15 is 0 Å². The van der Waals surface area contributed by atoms with Crippen LogP contribution < -0.4 is 5.32 Å². The minimum absolute atomic E-state index is 0.215. The molecule has 0 aromatic heterocycles. The number of rotatable bonds is 6. The van der Waals surface area contributed by atoms with Gasteiger partial charge in [-0.05, 0) is 24.3 Å². The highest BCUT2D eigenvalue weighted by molar-refractivity contribution is 5.76. The highest BCUT2D eigenvalue weighted by atomic mass is 16.5. The first-order valence-electron chi connectivity index (χ1n) is 5.61. The Kier molecular flexibility index (Phi) is 5.67. The summed E-state index contributed by atoms with van der Waals surface area (Å²) in [6, 6.07) is -0.249. The van der Waals surface area contributed by atoms with Crippen molar-refractivity contribution in [2.24, 2.45) is 11.0 Å². The molecule has 0 amide bonds. The van der Waals surface area contributed by atoms with Crippen LogP contribution in [0.1, 0.15) is 25.7 Å². The maximum Gasteiger partial charge on any atom is 0.323 e. The Morgan fingerprint density at radius 1 is 1.62 bits per heavy atom. The van der Waals surface area contributed by atoms with E-state index in [9.17, 15) is 4.79 Å². The first-order valence-corrected chi connectivity index (χ1v) is 5.61. The van der Waals surface area contributed by atoms with Crippen LogP contribution >= 0.6 is 0 Å². The zero-order chi connectivity index (χ0) is 11.8. The molecule has 90 valence electrons. The minimum Gasteiger partial charge on any atom is -0.468 e. The number of azide groups is 1. The van der Waals surface area contributed by atoms with E-state index in [-0.39, 0.29) is 12.0 Å². The molecule has 6 heteroatoms. The highest BCUT2D eigenvalue weighted by Crippen LogP contribution is 2.28. The largest absolute Gasteiger partial charge is 0.468 e. The van der Waals surface area contributed by atoms with Gasteiger partial charge in [0.05, 0.1) is 7.11 Å². The van der Waals surface area contributed by atoms with E-state index < -0.39 is 0 Å². The summed E-state index contributed by atoms with van der Waals surface area (Å²) in [6.07, 6.45) is 4.48. The molecule has 1 aliphatic carbocycles. The van der Waals surface area contributed by atoms with Gasteiger partial charge < -0.3 is 10.1 Å². The van der Waals surface area contributed by atoms with E-state index in [1.165, 1.54) is 20.0 Å². The fourth-order valence-corrected chi connectivity index (χ4v) is 2.17. The fraction of sp³-hybridized carbons (Fsp3) is 0.900. The summed E-state index contributed by atoms with van der Waals surface area (Å²) in [5, 5.41) is 6.53. The molecule has 0 saturated heterocycles. The lowest BCUT2D eigenvalue weighted by Gasteiger charge is -2.21. The predicted octanol–water partition coefficient (Wildman–Crippen LogP) is 1.62. The summed E-state index contributed by atoms with van der Waals surface area (Å²) in [7, 11) is 1.40. The summed E-state index contributed by atoms with van der Waals surface area (Å²) in [5.74, 6) is 0.145. The minimum atomic E-state index is -0.249. The van der Waals surface area contributed by atoms with Crippen LogP contribution in [0.2, 0.25) is 0 Å². The first-order chi connectivity index (χ1) is 7.79. The van der Waals surface area contributed by atoms with Crippen molar-refractivity contribution in [2.75, 3.05) is 20.2 Å². The number of ether oxygens (including phenoxy) is 1. The average Bonchev–Trinajstić information content (AvgIpc) is 2.82. The molecule has 0 aromatic carbocycles. The second-order valence-corrected chi connectivity index (χ2v) is 3.95. The number of methoxy groups -OCH3 is 1. The summed E-state index contributed by atoms with van der Waals surface area (Å²) in [4.78, 5) is 14.2. The SMILES string of the molecule is COC(=O)C(NCCN=[N+]=[N-])C1CCCC1. The topological polar surface area (TPSA) is 87.1 Å². The molecule has 1 rings (SSSR count). The van der Waals surface area contributed by atoms with Crippen LogP contribution in [0.3, 0.4) is 0 Å². The van der Waals surface area contributed by atoms with Gasteiger partial charge in [-0.25, -0.2) is 0 Å². The van der Waals surface area contributed by atoms with Crippen molar-refractivity contribution in [3.8, 4) is 0 Å². The van der Waals surface area contributed by atoms with Gasteiger partial charge in [0.2, 0.25) is 0 Å². The summed E-state index contributed by atoms with van der Waals surface area (Å²) < 4.78 is 4.78. The van der Waals surface area contributed by atoms with Crippen molar-refractivity contribution >= 4 is 5.97 Å². The van der Waals surface area contributed by atoms with Crippen molar-refractivity contribution in [3.63, 3.8) is 0 Å². The molecular formula is C10H18N4O2. The third kappa shape index (κ3) is 3.72. The summed E-state index contributed by atoms with van der Waals surface area (Å²) >= 11 is 0. The molecule has 0 radical (unpaired) electrons. The quantitative estimate of drug-likeness (QED) is 0.245. The highest BCUT2D eigenvalue weighted by Gasteiger charge is 2.30. The number of nitrogens with one attached hydrogen (secondary N) is 1. The molecule has 1 saturated carbocycles. The van der Waals surface area contributed by atoms with Crippen LogP contribution in [0.5, 0.6) is 0 Å². The molecule has 0 heterocycles. The van der Waals surface area contributed by atoms with Crippen molar-refractivity contribution in [2.45, 2.75) is 31.7 Å². The van der Waals surface area contributed by atoms with E-state index in [4.69, 9.17) is 10.3 Å². The molecule has 0 aromatic rings. The molecule has 6 nitrogen and oxygen atoms in total. The molecule has 1 fully saturated rings. The smallest absolute Gasteiger partial charge is 0.323 e. The van der Waals surface area contributed by atoms with E-state index in [0.717, 1.165) is 12.8 Å². The Morgan fingerprint density at radius 3 is 2.88 bits per heavy atom. The molecule has 1 aliphatic rings. The van der Waals surface area contributed by atoms with Crippen molar-refractivity contribution in [1.82, 2.24) is 5.32 Å². The van der Waals surface area contributed by atoms with Crippen molar-refractivity contribution in [1.29, 1.82) is 0 Å². The van der Waals surface area contributed by atoms with Gasteiger partial charge in [-0.3, -0.25) is 4.79 Å². The van der Waals surface area contributed by atoms with E-state index in [0.29, 0.717) is 19.0 Å². The standard InChI is InChI=1S/C10H18N4O2/c1-16-10(15)9(8-4-2-3-5-8)12-6-7-13-14-11/h8-9,12H,2-7H2,1H3. The molecule has 0 spiro atoms. The molecule has 1 unspecified atom stereocenters. The molecule has 0 bridgehead atoms. The van der Waals surface area contributed by atoms with E-state index in [2.05, 4.69) is 15.3 Å². The van der Waals surface area contributed by atoms with Crippen molar-refractivity contribution < 1.29 is 9.53 Å². The lowest BCUT2D eigenvalue weighted by atomic mass is 9.98. The van der Waals surface area contributed by atoms with Crippen LogP contribution in [0, 0.1) is 5.92 Å². The Balaban J connectivity index is 2.43. The van der Waals surface area contributed by atoms with Gasteiger partial charge in [-0.15, -0.1) is 0 Å². The predicted molar refractivity (Wildman–Crippen MR) is 59.8 cm³/mol. The number of esters is 1. The van der Waals surface area contributed by atoms with Gasteiger partial charge in [0.25, 0.3) is 0 Å². The van der Waals surface area contributed by atoms with Crippen LogP contribution in [0.15, 0.2) is 5.11 Å². The first kappa shape index (κ1) is 12.8. The third-order valence-electron chi connectivity index (χ3n) is 2.97. The number of hydrogen-bond acceptors (Lipinski definition) is 4. The van der Waals surface area contributed by atoms with Gasteiger partial charge in [0, 0.05) is 18.0 Å². The lowest BCUT2D eigenvalue weighted by Crippen LogP contribution is -2.43. The second kappa shape index (κ2) is 7.09. The molecular weight excluding hydrogens is 208 g/mol. The zero-order valence-electron chi connectivity index (χ0n) is 9.56. The summed E-state index contributed by atoms with van der Waals surface area (Å²) in [5.41, 5.74) is 8.14. The second-order valence-electron chi connectivity index (χ2n) is 3.95. The third-order valence-corrected chi connectivity index (χ3v) is 2.97. The Labute approximate surface area is 95.0 Å². The van der Waals surface area contributed by atoms with E-state index in [1.54, 1.807) is 0 Å². The molecule has 16 heavy (non-hydrogen) atoms. The zero-order valence-corrected chi connectivity index (χ0v) is 9.56. The van der Waals surface area contributed by atoms with Gasteiger partial charge in [0.1, 0.15) is 6.04 Å². The monoisotopic (exact) mass is 226 g/mol.